The van der Waals surface area contributed by atoms with Crippen LogP contribution in [-0.2, 0) is 27.8 Å². The molecule has 7 nitrogen and oxygen atoms in total. The number of nitrogens with zero attached hydrogens (tertiary/aromatic N) is 2. The van der Waals surface area contributed by atoms with E-state index in [1.54, 1.807) is 11.1 Å². The Morgan fingerprint density at radius 3 is 2.56 bits per heavy atom. The topological polar surface area (TPSA) is 92.5 Å². The number of nitrogens with one attached hydrogen (secondary N) is 1. The van der Waals surface area contributed by atoms with Gasteiger partial charge in [-0.25, -0.2) is 13.1 Å². The van der Waals surface area contributed by atoms with Crippen molar-refractivity contribution in [1.82, 2.24) is 14.8 Å². The van der Waals surface area contributed by atoms with Crippen molar-refractivity contribution >= 4 is 15.9 Å². The molecule has 0 saturated heterocycles. The van der Waals surface area contributed by atoms with Gasteiger partial charge in [0.2, 0.25) is 15.9 Å². The molecule has 3 rings (SSSR count). The minimum Gasteiger partial charge on any atom is -0.361 e. The quantitative estimate of drug-likeness (QED) is 0.843. The van der Waals surface area contributed by atoms with Crippen LogP contribution in [0.3, 0.4) is 0 Å². The zero-order valence-electron chi connectivity index (χ0n) is 16.1. The third-order valence-electron chi connectivity index (χ3n) is 5.25. The summed E-state index contributed by atoms with van der Waals surface area (Å²) >= 11 is 0. The van der Waals surface area contributed by atoms with Gasteiger partial charge in [0.1, 0.15) is 5.76 Å². The van der Waals surface area contributed by atoms with Crippen molar-refractivity contribution in [3.05, 3.63) is 45.8 Å². The van der Waals surface area contributed by atoms with Crippen LogP contribution in [0.2, 0.25) is 0 Å². The molecule has 1 N–H and O–H groups in total. The largest absolute Gasteiger partial charge is 0.361 e. The molecule has 0 radical (unpaired) electrons. The van der Waals surface area contributed by atoms with Crippen LogP contribution >= 0.6 is 0 Å². The third-order valence-corrected chi connectivity index (χ3v) is 6.98. The minimum atomic E-state index is -3.68. The van der Waals surface area contributed by atoms with Crippen LogP contribution in [0, 0.1) is 27.7 Å². The number of sulfonamides is 1. The van der Waals surface area contributed by atoms with Crippen LogP contribution in [-0.4, -0.2) is 37.5 Å². The molecular weight excluding hydrogens is 366 g/mol. The lowest BCUT2D eigenvalue weighted by molar-refractivity contribution is -0.132. The highest BCUT2D eigenvalue weighted by atomic mass is 32.2. The SMILES string of the molecule is Cc1cc(C)c(C)c(S(=O)(=O)NCCC(=O)N2CCc3oncc3C2)c1C. The predicted octanol–water partition coefficient (Wildman–Crippen LogP) is 2.16. The van der Waals surface area contributed by atoms with E-state index < -0.39 is 10.0 Å². The Labute approximate surface area is 159 Å². The van der Waals surface area contributed by atoms with Crippen molar-refractivity contribution in [3.63, 3.8) is 0 Å². The van der Waals surface area contributed by atoms with Gasteiger partial charge >= 0.3 is 0 Å². The van der Waals surface area contributed by atoms with E-state index in [1.165, 1.54) is 0 Å². The molecule has 1 amide bonds. The average Bonchev–Trinajstić information content (AvgIpc) is 3.07. The molecule has 27 heavy (non-hydrogen) atoms. The smallest absolute Gasteiger partial charge is 0.241 e. The van der Waals surface area contributed by atoms with Crippen LogP contribution in [0.5, 0.6) is 0 Å². The maximum Gasteiger partial charge on any atom is 0.241 e. The van der Waals surface area contributed by atoms with Crippen LogP contribution in [0.15, 0.2) is 21.7 Å². The minimum absolute atomic E-state index is 0.0695. The molecule has 0 atom stereocenters. The Morgan fingerprint density at radius 1 is 1.22 bits per heavy atom. The van der Waals surface area contributed by atoms with Crippen LogP contribution in [0.25, 0.3) is 0 Å². The number of carbonyl (C=O) groups excluding carboxylic acids is 1. The fraction of sp³-hybridized carbons (Fsp3) is 0.474. The Bertz CT molecular complexity index is 953. The molecular formula is C19H25N3O4S. The van der Waals surface area contributed by atoms with E-state index in [0.29, 0.717) is 24.4 Å². The van der Waals surface area contributed by atoms with Crippen molar-refractivity contribution in [2.75, 3.05) is 13.1 Å². The summed E-state index contributed by atoms with van der Waals surface area (Å²) in [5.74, 6) is 0.735. The van der Waals surface area contributed by atoms with E-state index in [-0.39, 0.29) is 18.9 Å². The summed E-state index contributed by atoms with van der Waals surface area (Å²) in [6.45, 7) is 8.51. The number of fused-ring (bicyclic) bond motifs is 1. The van der Waals surface area contributed by atoms with E-state index in [4.69, 9.17) is 4.52 Å². The molecule has 0 spiro atoms. The molecule has 2 aromatic rings. The third kappa shape index (κ3) is 3.91. The maximum absolute atomic E-state index is 12.8. The Balaban J connectivity index is 1.64. The van der Waals surface area contributed by atoms with Gasteiger partial charge in [-0.05, 0) is 49.9 Å². The molecule has 1 aliphatic heterocycles. The van der Waals surface area contributed by atoms with Crippen LogP contribution in [0.1, 0.15) is 40.0 Å². The number of benzene rings is 1. The molecule has 0 saturated carbocycles. The molecule has 0 fully saturated rings. The van der Waals surface area contributed by atoms with Gasteiger partial charge in [0, 0.05) is 31.5 Å². The summed E-state index contributed by atoms with van der Waals surface area (Å²) in [4.78, 5) is 14.5. The molecule has 0 bridgehead atoms. The van der Waals surface area contributed by atoms with Gasteiger partial charge in [0.05, 0.1) is 17.6 Å². The molecule has 1 aromatic heterocycles. The summed E-state index contributed by atoms with van der Waals surface area (Å²) in [5, 5.41) is 3.75. The van der Waals surface area contributed by atoms with Gasteiger partial charge < -0.3 is 9.42 Å². The van der Waals surface area contributed by atoms with Gasteiger partial charge in [-0.3, -0.25) is 4.79 Å². The monoisotopic (exact) mass is 391 g/mol. The lowest BCUT2D eigenvalue weighted by atomic mass is 10.0. The second-order valence-electron chi connectivity index (χ2n) is 7.08. The summed E-state index contributed by atoms with van der Waals surface area (Å²) in [5.41, 5.74) is 4.28. The first-order valence-corrected chi connectivity index (χ1v) is 10.5. The Morgan fingerprint density at radius 2 is 1.89 bits per heavy atom. The van der Waals surface area contributed by atoms with E-state index in [2.05, 4.69) is 9.88 Å². The molecule has 2 heterocycles. The summed E-state index contributed by atoms with van der Waals surface area (Å²) < 4.78 is 33.3. The Hall–Kier alpha value is -2.19. The first kappa shape index (κ1) is 19.6. The predicted molar refractivity (Wildman–Crippen MR) is 101 cm³/mol. The van der Waals surface area contributed by atoms with Gasteiger partial charge in [0.25, 0.3) is 0 Å². The highest BCUT2D eigenvalue weighted by Crippen LogP contribution is 2.26. The standard InChI is InChI=1S/C19H25N3O4S/c1-12-9-13(2)15(4)19(14(12)3)27(24,25)21-7-5-18(23)22-8-6-17-16(11-22)10-20-26-17/h9-10,21H,5-8,11H2,1-4H3. The molecule has 1 aromatic carbocycles. The molecule has 0 unspecified atom stereocenters. The molecule has 8 heteroatoms. The Kier molecular flexibility index (Phi) is 5.39. The number of amides is 1. The number of hydrogen-bond donors (Lipinski definition) is 1. The fourth-order valence-corrected chi connectivity index (χ4v) is 5.10. The van der Waals surface area contributed by atoms with Gasteiger partial charge in [-0.15, -0.1) is 0 Å². The van der Waals surface area contributed by atoms with Gasteiger partial charge in [-0.2, -0.15) is 0 Å². The number of hydrogen-bond acceptors (Lipinski definition) is 5. The van der Waals surface area contributed by atoms with Gasteiger partial charge in [-0.1, -0.05) is 11.2 Å². The number of rotatable bonds is 5. The van der Waals surface area contributed by atoms with Gasteiger partial charge in [0.15, 0.2) is 0 Å². The summed E-state index contributed by atoms with van der Waals surface area (Å²) in [6.07, 6.45) is 2.37. The zero-order chi connectivity index (χ0) is 19.8. The maximum atomic E-state index is 12.8. The number of aryl methyl sites for hydroxylation is 2. The van der Waals surface area contributed by atoms with Crippen molar-refractivity contribution in [2.24, 2.45) is 0 Å². The highest BCUT2D eigenvalue weighted by molar-refractivity contribution is 7.89. The van der Waals surface area contributed by atoms with E-state index in [9.17, 15) is 13.2 Å². The fourth-order valence-electron chi connectivity index (χ4n) is 3.46. The van der Waals surface area contributed by atoms with Crippen molar-refractivity contribution in [1.29, 1.82) is 0 Å². The first-order chi connectivity index (χ1) is 12.7. The zero-order valence-corrected chi connectivity index (χ0v) is 16.9. The number of carbonyl (C=O) groups is 1. The van der Waals surface area contributed by atoms with Crippen molar-refractivity contribution < 1.29 is 17.7 Å². The summed E-state index contributed by atoms with van der Waals surface area (Å²) in [6, 6.07) is 1.99. The van der Waals surface area contributed by atoms with Crippen LogP contribution in [0.4, 0.5) is 0 Å². The average molecular weight is 391 g/mol. The first-order valence-electron chi connectivity index (χ1n) is 8.98. The second-order valence-corrected chi connectivity index (χ2v) is 8.78. The van der Waals surface area contributed by atoms with E-state index in [1.807, 2.05) is 33.8 Å². The van der Waals surface area contributed by atoms with Crippen LogP contribution < -0.4 is 4.72 Å². The second kappa shape index (κ2) is 7.44. The lowest BCUT2D eigenvalue weighted by Gasteiger charge is -2.25. The molecule has 0 aliphatic carbocycles. The highest BCUT2D eigenvalue weighted by Gasteiger charge is 2.25. The van der Waals surface area contributed by atoms with Crippen molar-refractivity contribution in [2.45, 2.75) is 52.0 Å². The van der Waals surface area contributed by atoms with Crippen molar-refractivity contribution in [3.8, 4) is 0 Å². The normalized spacial score (nSPS) is 14.3. The lowest BCUT2D eigenvalue weighted by Crippen LogP contribution is -2.37. The molecule has 146 valence electrons. The summed E-state index contributed by atoms with van der Waals surface area (Å²) in [7, 11) is -3.68. The molecule has 1 aliphatic rings. The number of aromatic nitrogens is 1. The van der Waals surface area contributed by atoms with E-state index in [0.717, 1.165) is 33.6 Å². The van der Waals surface area contributed by atoms with E-state index >= 15 is 0 Å².